The van der Waals surface area contributed by atoms with Crippen molar-refractivity contribution in [2.45, 2.75) is 19.8 Å². The lowest BCUT2D eigenvalue weighted by Crippen LogP contribution is -1.82. The molecule has 0 aliphatic rings. The molecule has 3 nitrogen and oxygen atoms in total. The maximum Gasteiger partial charge on any atom is 0.123 e. The quantitative estimate of drug-likeness (QED) is 0.813. The van der Waals surface area contributed by atoms with Gasteiger partial charge in [-0.3, -0.25) is 4.98 Å². The number of thiazole rings is 1. The molecular formula is C12H11N3S. The molecule has 2 aromatic rings. The Bertz CT molecular complexity index is 511. The second kappa shape index (κ2) is 4.86. The summed E-state index contributed by atoms with van der Waals surface area (Å²) in [5.74, 6) is 0. The molecule has 0 aliphatic heterocycles. The lowest BCUT2D eigenvalue weighted by Gasteiger charge is -1.92. The maximum atomic E-state index is 8.57. The van der Waals surface area contributed by atoms with Crippen LogP contribution < -0.4 is 0 Å². The van der Waals surface area contributed by atoms with Crippen LogP contribution in [0.2, 0.25) is 0 Å². The number of aryl methyl sites for hydroxylation is 2. The Labute approximate surface area is 98.4 Å². The topological polar surface area (TPSA) is 49.6 Å². The van der Waals surface area contributed by atoms with Gasteiger partial charge in [0.25, 0.3) is 0 Å². The first kappa shape index (κ1) is 10.8. The summed E-state index contributed by atoms with van der Waals surface area (Å²) in [7, 11) is 0. The van der Waals surface area contributed by atoms with Gasteiger partial charge in [0.2, 0.25) is 0 Å². The van der Waals surface area contributed by atoms with Gasteiger partial charge >= 0.3 is 0 Å². The third-order valence-electron chi connectivity index (χ3n) is 2.28. The van der Waals surface area contributed by atoms with E-state index in [9.17, 15) is 0 Å². The molecule has 0 spiro atoms. The third kappa shape index (κ3) is 2.26. The molecule has 0 radical (unpaired) electrons. The predicted octanol–water partition coefficient (Wildman–Crippen LogP) is 2.97. The first-order valence-corrected chi connectivity index (χ1v) is 5.86. The van der Waals surface area contributed by atoms with Crippen LogP contribution in [0.4, 0.5) is 0 Å². The van der Waals surface area contributed by atoms with Crippen molar-refractivity contribution < 1.29 is 0 Å². The Morgan fingerprint density at radius 3 is 2.81 bits per heavy atom. The monoisotopic (exact) mass is 229 g/mol. The van der Waals surface area contributed by atoms with E-state index in [-0.39, 0.29) is 0 Å². The molecule has 0 N–H and O–H groups in total. The molecule has 0 fully saturated rings. The van der Waals surface area contributed by atoms with Crippen LogP contribution in [-0.2, 0) is 6.42 Å². The second-order valence-electron chi connectivity index (χ2n) is 3.42. The van der Waals surface area contributed by atoms with Crippen LogP contribution >= 0.6 is 11.3 Å². The molecule has 0 aromatic carbocycles. The van der Waals surface area contributed by atoms with Crippen molar-refractivity contribution in [2.75, 3.05) is 0 Å². The van der Waals surface area contributed by atoms with E-state index < -0.39 is 0 Å². The van der Waals surface area contributed by atoms with Crippen LogP contribution in [0.5, 0.6) is 0 Å². The van der Waals surface area contributed by atoms with Crippen molar-refractivity contribution in [1.82, 2.24) is 9.97 Å². The van der Waals surface area contributed by atoms with E-state index in [2.05, 4.69) is 16.0 Å². The van der Waals surface area contributed by atoms with Gasteiger partial charge in [0.05, 0.1) is 11.8 Å². The van der Waals surface area contributed by atoms with Crippen molar-refractivity contribution in [1.29, 1.82) is 5.26 Å². The molecule has 0 atom stereocenters. The first-order chi connectivity index (χ1) is 7.81. The minimum Gasteiger partial charge on any atom is -0.265 e. The van der Waals surface area contributed by atoms with Crippen LogP contribution in [0.3, 0.4) is 0 Å². The lowest BCUT2D eigenvalue weighted by atomic mass is 10.2. The van der Waals surface area contributed by atoms with Gasteiger partial charge in [0.15, 0.2) is 0 Å². The molecule has 80 valence electrons. The average Bonchev–Trinajstić information content (AvgIpc) is 2.69. The summed E-state index contributed by atoms with van der Waals surface area (Å²) >= 11 is 1.66. The summed E-state index contributed by atoms with van der Waals surface area (Å²) in [6, 6.07) is 6.06. The Morgan fingerprint density at radius 2 is 2.12 bits per heavy atom. The van der Waals surface area contributed by atoms with Gasteiger partial charge in [-0.25, -0.2) is 4.98 Å². The predicted molar refractivity (Wildman–Crippen MR) is 64.0 cm³/mol. The van der Waals surface area contributed by atoms with Crippen LogP contribution in [-0.4, -0.2) is 9.97 Å². The van der Waals surface area contributed by atoms with E-state index in [0.29, 0.717) is 6.42 Å². The fourth-order valence-electron chi connectivity index (χ4n) is 1.45. The van der Waals surface area contributed by atoms with Gasteiger partial charge in [0, 0.05) is 29.3 Å². The zero-order valence-corrected chi connectivity index (χ0v) is 9.79. The molecule has 4 heteroatoms. The van der Waals surface area contributed by atoms with Crippen molar-refractivity contribution in [3.8, 4) is 16.6 Å². The summed E-state index contributed by atoms with van der Waals surface area (Å²) < 4.78 is 0. The fourth-order valence-corrected chi connectivity index (χ4v) is 2.51. The van der Waals surface area contributed by atoms with Crippen LogP contribution in [0.1, 0.15) is 17.0 Å². The highest BCUT2D eigenvalue weighted by Crippen LogP contribution is 2.28. The molecule has 0 saturated heterocycles. The molecule has 0 amide bonds. The van der Waals surface area contributed by atoms with E-state index in [1.165, 1.54) is 4.88 Å². The van der Waals surface area contributed by atoms with Gasteiger partial charge in [-0.05, 0) is 25.5 Å². The molecule has 0 aliphatic carbocycles. The first-order valence-electron chi connectivity index (χ1n) is 5.05. The summed E-state index contributed by atoms with van der Waals surface area (Å²) in [6.45, 7) is 1.99. The summed E-state index contributed by atoms with van der Waals surface area (Å²) in [5.41, 5.74) is 2.12. The standard InChI is InChI=1S/C12H11N3S/c1-9-11(3-2-6-13)16-12(15-9)10-4-7-14-8-5-10/h4-5,7-8H,2-3H2,1H3. The number of aromatic nitrogens is 2. The molecule has 0 saturated carbocycles. The summed E-state index contributed by atoms with van der Waals surface area (Å²) in [4.78, 5) is 9.70. The van der Waals surface area contributed by atoms with Crippen LogP contribution in [0.15, 0.2) is 24.5 Å². The highest BCUT2D eigenvalue weighted by molar-refractivity contribution is 7.15. The molecule has 2 aromatic heterocycles. The average molecular weight is 229 g/mol. The number of hydrogen-bond acceptors (Lipinski definition) is 4. The van der Waals surface area contributed by atoms with Crippen molar-refractivity contribution >= 4 is 11.3 Å². The molecule has 0 unspecified atom stereocenters. The summed E-state index contributed by atoms with van der Waals surface area (Å²) in [5, 5.41) is 9.58. The van der Waals surface area contributed by atoms with Gasteiger partial charge in [-0.15, -0.1) is 11.3 Å². The molecule has 2 heterocycles. The highest BCUT2D eigenvalue weighted by atomic mass is 32.1. The molecular weight excluding hydrogens is 218 g/mol. The van der Waals surface area contributed by atoms with Crippen molar-refractivity contribution in [3.63, 3.8) is 0 Å². The van der Waals surface area contributed by atoms with E-state index in [1.807, 2.05) is 19.1 Å². The second-order valence-corrected chi connectivity index (χ2v) is 4.51. The maximum absolute atomic E-state index is 8.57. The van der Waals surface area contributed by atoms with Crippen molar-refractivity contribution in [2.24, 2.45) is 0 Å². The number of pyridine rings is 1. The third-order valence-corrected chi connectivity index (χ3v) is 3.55. The fraction of sp³-hybridized carbons (Fsp3) is 0.250. The van der Waals surface area contributed by atoms with Gasteiger partial charge in [0.1, 0.15) is 5.01 Å². The van der Waals surface area contributed by atoms with E-state index >= 15 is 0 Å². The van der Waals surface area contributed by atoms with Crippen molar-refractivity contribution in [3.05, 3.63) is 35.1 Å². The lowest BCUT2D eigenvalue weighted by molar-refractivity contribution is 1.01. The van der Waals surface area contributed by atoms with E-state index in [4.69, 9.17) is 5.26 Å². The molecule has 16 heavy (non-hydrogen) atoms. The van der Waals surface area contributed by atoms with Crippen LogP contribution in [0.25, 0.3) is 10.6 Å². The SMILES string of the molecule is Cc1nc(-c2ccncc2)sc1CCC#N. The Kier molecular flexibility index (Phi) is 3.28. The van der Waals surface area contributed by atoms with E-state index in [1.54, 1.807) is 23.7 Å². The van der Waals surface area contributed by atoms with Crippen LogP contribution in [0, 0.1) is 18.3 Å². The zero-order valence-electron chi connectivity index (χ0n) is 8.97. The van der Waals surface area contributed by atoms with E-state index in [0.717, 1.165) is 22.7 Å². The number of rotatable bonds is 3. The largest absolute Gasteiger partial charge is 0.265 e. The highest BCUT2D eigenvalue weighted by Gasteiger charge is 2.08. The Morgan fingerprint density at radius 1 is 1.38 bits per heavy atom. The Hall–Kier alpha value is -1.73. The number of nitrogens with zero attached hydrogens (tertiary/aromatic N) is 3. The number of hydrogen-bond donors (Lipinski definition) is 0. The van der Waals surface area contributed by atoms with Gasteiger partial charge in [-0.2, -0.15) is 5.26 Å². The normalized spacial score (nSPS) is 10.0. The summed E-state index contributed by atoms with van der Waals surface area (Å²) in [6.07, 6.45) is 4.88. The Balaban J connectivity index is 2.28. The van der Waals surface area contributed by atoms with Gasteiger partial charge < -0.3 is 0 Å². The zero-order chi connectivity index (χ0) is 11.4. The molecule has 2 rings (SSSR count). The minimum absolute atomic E-state index is 0.554. The number of nitriles is 1. The minimum atomic E-state index is 0.554. The molecule has 0 bridgehead atoms. The van der Waals surface area contributed by atoms with Gasteiger partial charge in [-0.1, -0.05) is 0 Å². The smallest absolute Gasteiger partial charge is 0.123 e.